The summed E-state index contributed by atoms with van der Waals surface area (Å²) < 4.78 is 0. The summed E-state index contributed by atoms with van der Waals surface area (Å²) in [5, 5.41) is 19.2. The Labute approximate surface area is 92.3 Å². The SMILES string of the molecule is NCC(O)C(O)c1ccc(C=O)cc1Cl. The van der Waals surface area contributed by atoms with E-state index in [2.05, 4.69) is 0 Å². The first-order valence-corrected chi connectivity index (χ1v) is 4.78. The fourth-order valence-corrected chi connectivity index (χ4v) is 1.49. The average molecular weight is 230 g/mol. The van der Waals surface area contributed by atoms with Crippen molar-refractivity contribution in [2.45, 2.75) is 12.2 Å². The van der Waals surface area contributed by atoms with Crippen molar-refractivity contribution in [2.24, 2.45) is 5.73 Å². The quantitative estimate of drug-likeness (QED) is 0.657. The van der Waals surface area contributed by atoms with Gasteiger partial charge in [-0.25, -0.2) is 0 Å². The molecular weight excluding hydrogens is 218 g/mol. The first-order valence-electron chi connectivity index (χ1n) is 4.41. The van der Waals surface area contributed by atoms with Crippen LogP contribution in [-0.2, 0) is 0 Å². The first kappa shape index (κ1) is 12.1. The molecule has 0 aliphatic heterocycles. The number of halogens is 1. The van der Waals surface area contributed by atoms with Gasteiger partial charge in [0.2, 0.25) is 0 Å². The lowest BCUT2D eigenvalue weighted by Gasteiger charge is -2.17. The third-order valence-corrected chi connectivity index (χ3v) is 2.41. The number of carbonyl (C=O) groups excluding carboxylic acids is 1. The van der Waals surface area contributed by atoms with Crippen molar-refractivity contribution in [1.29, 1.82) is 0 Å². The number of hydrogen-bond donors (Lipinski definition) is 3. The summed E-state index contributed by atoms with van der Waals surface area (Å²) in [7, 11) is 0. The van der Waals surface area contributed by atoms with Crippen LogP contribution in [0.2, 0.25) is 5.02 Å². The highest BCUT2D eigenvalue weighted by molar-refractivity contribution is 6.31. The number of aliphatic hydroxyl groups is 2. The van der Waals surface area contributed by atoms with Crippen LogP contribution in [-0.4, -0.2) is 29.1 Å². The third-order valence-electron chi connectivity index (χ3n) is 2.09. The van der Waals surface area contributed by atoms with Crippen LogP contribution in [0.1, 0.15) is 22.0 Å². The fraction of sp³-hybridized carbons (Fsp3) is 0.300. The zero-order chi connectivity index (χ0) is 11.4. The fourth-order valence-electron chi connectivity index (χ4n) is 1.19. The van der Waals surface area contributed by atoms with Crippen molar-refractivity contribution in [3.05, 3.63) is 34.3 Å². The van der Waals surface area contributed by atoms with Gasteiger partial charge < -0.3 is 15.9 Å². The van der Waals surface area contributed by atoms with E-state index in [9.17, 15) is 15.0 Å². The largest absolute Gasteiger partial charge is 0.389 e. The normalized spacial score (nSPS) is 14.7. The van der Waals surface area contributed by atoms with E-state index >= 15 is 0 Å². The van der Waals surface area contributed by atoms with Crippen molar-refractivity contribution in [1.82, 2.24) is 0 Å². The number of aliphatic hydroxyl groups excluding tert-OH is 2. The minimum atomic E-state index is -1.14. The second-order valence-electron chi connectivity index (χ2n) is 3.15. The molecule has 1 rings (SSSR count). The molecule has 1 aromatic rings. The highest BCUT2D eigenvalue weighted by atomic mass is 35.5. The van der Waals surface area contributed by atoms with E-state index in [4.69, 9.17) is 17.3 Å². The predicted molar refractivity (Wildman–Crippen MR) is 56.9 cm³/mol. The molecule has 0 bridgehead atoms. The molecule has 15 heavy (non-hydrogen) atoms. The molecule has 0 saturated carbocycles. The van der Waals surface area contributed by atoms with E-state index in [1.165, 1.54) is 18.2 Å². The second-order valence-corrected chi connectivity index (χ2v) is 3.55. The van der Waals surface area contributed by atoms with Crippen molar-refractivity contribution in [2.75, 3.05) is 6.54 Å². The van der Waals surface area contributed by atoms with Crippen molar-refractivity contribution < 1.29 is 15.0 Å². The molecule has 0 fully saturated rings. The molecule has 4 N–H and O–H groups in total. The van der Waals surface area contributed by atoms with Crippen LogP contribution in [0.5, 0.6) is 0 Å². The van der Waals surface area contributed by atoms with Gasteiger partial charge in [0.1, 0.15) is 12.4 Å². The molecule has 2 unspecified atom stereocenters. The first-order chi connectivity index (χ1) is 7.10. The van der Waals surface area contributed by atoms with Crippen LogP contribution in [0, 0.1) is 0 Å². The van der Waals surface area contributed by atoms with Crippen molar-refractivity contribution >= 4 is 17.9 Å². The topological polar surface area (TPSA) is 83.6 Å². The molecule has 0 aliphatic carbocycles. The van der Waals surface area contributed by atoms with Gasteiger partial charge in [-0.05, 0) is 6.07 Å². The van der Waals surface area contributed by atoms with E-state index in [1.807, 2.05) is 0 Å². The van der Waals surface area contributed by atoms with E-state index in [1.54, 1.807) is 0 Å². The number of aldehydes is 1. The minimum absolute atomic E-state index is 0.0626. The Balaban J connectivity index is 2.99. The van der Waals surface area contributed by atoms with E-state index in [0.717, 1.165) is 0 Å². The zero-order valence-electron chi connectivity index (χ0n) is 7.93. The summed E-state index contributed by atoms with van der Waals surface area (Å²) in [4.78, 5) is 10.4. The van der Waals surface area contributed by atoms with Gasteiger partial charge >= 0.3 is 0 Å². The number of nitrogens with two attached hydrogens (primary N) is 1. The summed E-state index contributed by atoms with van der Waals surface area (Å²) in [5.41, 5.74) is 5.98. The Hall–Kier alpha value is -0.940. The van der Waals surface area contributed by atoms with Gasteiger partial charge in [-0.3, -0.25) is 4.79 Å². The van der Waals surface area contributed by atoms with Crippen LogP contribution in [0.4, 0.5) is 0 Å². The monoisotopic (exact) mass is 229 g/mol. The molecule has 0 spiro atoms. The molecule has 4 nitrogen and oxygen atoms in total. The summed E-state index contributed by atoms with van der Waals surface area (Å²) in [6.45, 7) is -0.0626. The van der Waals surface area contributed by atoms with Crippen molar-refractivity contribution in [3.63, 3.8) is 0 Å². The maximum atomic E-state index is 10.4. The number of hydrogen-bond acceptors (Lipinski definition) is 4. The predicted octanol–water partition coefficient (Wildman–Crippen LogP) is 0.506. The highest BCUT2D eigenvalue weighted by Gasteiger charge is 2.19. The van der Waals surface area contributed by atoms with Gasteiger partial charge in [0.15, 0.2) is 0 Å². The lowest BCUT2D eigenvalue weighted by molar-refractivity contribution is 0.0244. The molecule has 0 heterocycles. The molecule has 2 atom stereocenters. The maximum Gasteiger partial charge on any atom is 0.150 e. The average Bonchev–Trinajstić information content (AvgIpc) is 2.26. The molecule has 0 aliphatic rings. The lowest BCUT2D eigenvalue weighted by Crippen LogP contribution is -2.27. The Morgan fingerprint density at radius 2 is 2.13 bits per heavy atom. The molecule has 5 heteroatoms. The van der Waals surface area contributed by atoms with Gasteiger partial charge in [-0.1, -0.05) is 23.7 Å². The summed E-state index contributed by atoms with van der Waals surface area (Å²) in [6, 6.07) is 4.44. The molecule has 0 radical (unpaired) electrons. The summed E-state index contributed by atoms with van der Waals surface area (Å²) in [5.74, 6) is 0. The van der Waals surface area contributed by atoms with Gasteiger partial charge in [0.05, 0.1) is 6.10 Å². The van der Waals surface area contributed by atoms with E-state index < -0.39 is 12.2 Å². The molecule has 0 amide bonds. The third kappa shape index (κ3) is 2.76. The van der Waals surface area contributed by atoms with Gasteiger partial charge in [-0.2, -0.15) is 0 Å². The lowest BCUT2D eigenvalue weighted by atomic mass is 10.0. The molecule has 1 aromatic carbocycles. The number of rotatable bonds is 4. The van der Waals surface area contributed by atoms with Gasteiger partial charge in [-0.15, -0.1) is 0 Å². The summed E-state index contributed by atoms with van der Waals surface area (Å²) in [6.07, 6.45) is -1.55. The zero-order valence-corrected chi connectivity index (χ0v) is 8.69. The van der Waals surface area contributed by atoms with Crippen LogP contribution in [0.3, 0.4) is 0 Å². The van der Waals surface area contributed by atoms with Gasteiger partial charge in [0, 0.05) is 22.7 Å². The molecule has 0 aromatic heterocycles. The Bertz CT molecular complexity index is 357. The standard InChI is InChI=1S/C10H12ClNO3/c11-8-3-6(5-13)1-2-7(8)10(15)9(14)4-12/h1-3,5,9-10,14-15H,4,12H2. The molecule has 0 saturated heterocycles. The number of benzene rings is 1. The Morgan fingerprint density at radius 1 is 1.47 bits per heavy atom. The highest BCUT2D eigenvalue weighted by Crippen LogP contribution is 2.25. The van der Waals surface area contributed by atoms with Crippen LogP contribution in [0.15, 0.2) is 18.2 Å². The van der Waals surface area contributed by atoms with Gasteiger partial charge in [0.25, 0.3) is 0 Å². The molecule has 82 valence electrons. The van der Waals surface area contributed by atoms with Crippen LogP contribution >= 0.6 is 11.6 Å². The van der Waals surface area contributed by atoms with E-state index in [0.29, 0.717) is 17.4 Å². The smallest absolute Gasteiger partial charge is 0.150 e. The van der Waals surface area contributed by atoms with Crippen molar-refractivity contribution in [3.8, 4) is 0 Å². The Morgan fingerprint density at radius 3 is 2.60 bits per heavy atom. The number of carbonyl (C=O) groups is 1. The van der Waals surface area contributed by atoms with Crippen LogP contribution < -0.4 is 5.73 Å². The molecular formula is C10H12ClNO3. The Kier molecular flexibility index (Phi) is 4.23. The second kappa shape index (κ2) is 5.23. The summed E-state index contributed by atoms with van der Waals surface area (Å²) >= 11 is 5.83. The van der Waals surface area contributed by atoms with Crippen LogP contribution in [0.25, 0.3) is 0 Å². The van der Waals surface area contributed by atoms with E-state index in [-0.39, 0.29) is 11.6 Å². The minimum Gasteiger partial charge on any atom is -0.389 e. The maximum absolute atomic E-state index is 10.4.